The number of halogens is 3. The van der Waals surface area contributed by atoms with Crippen LogP contribution in [0.1, 0.15) is 0 Å². The number of carboxylic acids is 1. The molecular weight excluding hydrogens is 219 g/mol. The molecule has 0 aliphatic heterocycles. The number of hydrogen-bond acceptors (Lipinski definition) is 4. The molecule has 8 heteroatoms. The first-order valence-electron chi connectivity index (χ1n) is 3.50. The van der Waals surface area contributed by atoms with Crippen LogP contribution < -0.4 is 5.73 Å². The van der Waals surface area contributed by atoms with Gasteiger partial charge in [0.25, 0.3) is 0 Å². The first-order chi connectivity index (χ1) is 6.75. The van der Waals surface area contributed by atoms with Crippen molar-refractivity contribution in [3.8, 4) is 0 Å². The van der Waals surface area contributed by atoms with Crippen molar-refractivity contribution in [3.63, 3.8) is 0 Å². The lowest BCUT2D eigenvalue weighted by atomic mass is 10.5. The van der Waals surface area contributed by atoms with E-state index in [1.807, 2.05) is 0 Å². The molecule has 0 aromatic heterocycles. The van der Waals surface area contributed by atoms with Gasteiger partial charge in [-0.3, -0.25) is 0 Å². The number of ether oxygens (including phenoxy) is 1. The second-order valence-electron chi connectivity index (χ2n) is 1.96. The van der Waals surface area contributed by atoms with Gasteiger partial charge in [0.1, 0.15) is 0 Å². The Morgan fingerprint density at radius 3 is 2.07 bits per heavy atom. The molecule has 0 aliphatic rings. The smallest absolute Gasteiger partial charge is 0.475 e. The molecule has 3 N–H and O–H groups in total. The van der Waals surface area contributed by atoms with E-state index >= 15 is 0 Å². The summed E-state index contributed by atoms with van der Waals surface area (Å²) in [4.78, 5) is 19.1. The van der Waals surface area contributed by atoms with E-state index in [9.17, 15) is 18.0 Å². The van der Waals surface area contributed by atoms with Crippen LogP contribution in [-0.2, 0) is 14.3 Å². The Hall–Kier alpha value is -1.57. The van der Waals surface area contributed by atoms with Crippen molar-refractivity contribution in [3.05, 3.63) is 12.2 Å². The zero-order valence-corrected chi connectivity index (χ0v) is 7.75. The molecule has 0 fully saturated rings. The van der Waals surface area contributed by atoms with Crippen LogP contribution in [0.3, 0.4) is 0 Å². The third-order valence-electron chi connectivity index (χ3n) is 0.834. The summed E-state index contributed by atoms with van der Waals surface area (Å²) in [5.74, 6) is -3.12. The van der Waals surface area contributed by atoms with Gasteiger partial charge in [-0.15, -0.1) is 0 Å². The first-order valence-corrected chi connectivity index (χ1v) is 3.50. The monoisotopic (exact) mass is 229 g/mol. The summed E-state index contributed by atoms with van der Waals surface area (Å²) in [6, 6.07) is 0. The SMILES string of the molecule is COC(=O)C=CCN.O=C(O)C(F)(F)F. The van der Waals surface area contributed by atoms with E-state index in [4.69, 9.17) is 15.6 Å². The fraction of sp³-hybridized carbons (Fsp3) is 0.429. The Kier molecular flexibility index (Phi) is 8.26. The lowest BCUT2D eigenvalue weighted by molar-refractivity contribution is -0.192. The van der Waals surface area contributed by atoms with Crippen LogP contribution in [0.15, 0.2) is 12.2 Å². The number of carbonyl (C=O) groups is 2. The molecule has 0 amide bonds. The minimum Gasteiger partial charge on any atom is -0.475 e. The number of esters is 1. The molecule has 0 unspecified atom stereocenters. The molecule has 0 rings (SSSR count). The maximum absolute atomic E-state index is 10.6. The van der Waals surface area contributed by atoms with Gasteiger partial charge >= 0.3 is 18.1 Å². The van der Waals surface area contributed by atoms with E-state index in [1.54, 1.807) is 0 Å². The van der Waals surface area contributed by atoms with Crippen molar-refractivity contribution in [2.75, 3.05) is 13.7 Å². The highest BCUT2D eigenvalue weighted by molar-refractivity contribution is 5.81. The highest BCUT2D eigenvalue weighted by Gasteiger charge is 2.38. The number of carboxylic acid groups (broad SMARTS) is 1. The minimum atomic E-state index is -5.08. The molecule has 0 heterocycles. The predicted molar refractivity (Wildman–Crippen MR) is 43.9 cm³/mol. The summed E-state index contributed by atoms with van der Waals surface area (Å²) in [5.41, 5.74) is 5.04. The Bertz CT molecular complexity index is 237. The highest BCUT2D eigenvalue weighted by Crippen LogP contribution is 2.13. The number of aliphatic carboxylic acids is 1. The third-order valence-corrected chi connectivity index (χ3v) is 0.834. The van der Waals surface area contributed by atoms with Crippen LogP contribution in [-0.4, -0.2) is 36.9 Å². The van der Waals surface area contributed by atoms with Gasteiger partial charge in [0.15, 0.2) is 0 Å². The van der Waals surface area contributed by atoms with E-state index in [0.29, 0.717) is 6.54 Å². The van der Waals surface area contributed by atoms with Crippen LogP contribution in [0.2, 0.25) is 0 Å². The van der Waals surface area contributed by atoms with Crippen molar-refractivity contribution in [1.29, 1.82) is 0 Å². The molecule has 88 valence electrons. The van der Waals surface area contributed by atoms with Crippen LogP contribution >= 0.6 is 0 Å². The maximum Gasteiger partial charge on any atom is 0.490 e. The standard InChI is InChI=1S/C5H9NO2.C2HF3O2/c1-8-5(7)3-2-4-6;3-2(4,5)1(6)7/h2-3H,4,6H2,1H3;(H,6,7). The molecule has 5 nitrogen and oxygen atoms in total. The lowest BCUT2D eigenvalue weighted by Crippen LogP contribution is -2.21. The molecule has 0 atom stereocenters. The topological polar surface area (TPSA) is 89.6 Å². The van der Waals surface area contributed by atoms with Crippen molar-refractivity contribution in [2.45, 2.75) is 6.18 Å². The van der Waals surface area contributed by atoms with Gasteiger partial charge in [0.2, 0.25) is 0 Å². The fourth-order valence-corrected chi connectivity index (χ4v) is 0.232. The lowest BCUT2D eigenvalue weighted by Gasteiger charge is -1.93. The van der Waals surface area contributed by atoms with Crippen molar-refractivity contribution in [2.24, 2.45) is 5.73 Å². The van der Waals surface area contributed by atoms with E-state index < -0.39 is 12.1 Å². The maximum atomic E-state index is 10.6. The van der Waals surface area contributed by atoms with Gasteiger partial charge in [-0.05, 0) is 0 Å². The number of nitrogens with two attached hydrogens (primary N) is 1. The quantitative estimate of drug-likeness (QED) is 0.525. The zero-order valence-electron chi connectivity index (χ0n) is 7.75. The third kappa shape index (κ3) is 12.4. The van der Waals surface area contributed by atoms with Crippen molar-refractivity contribution in [1.82, 2.24) is 0 Å². The number of carbonyl (C=O) groups excluding carboxylic acids is 1. The van der Waals surface area contributed by atoms with Crippen LogP contribution in [0, 0.1) is 0 Å². The summed E-state index contributed by atoms with van der Waals surface area (Å²) in [6.45, 7) is 0.370. The molecule has 0 saturated carbocycles. The Balaban J connectivity index is 0. The molecule has 0 radical (unpaired) electrons. The van der Waals surface area contributed by atoms with Crippen LogP contribution in [0.25, 0.3) is 0 Å². The highest BCUT2D eigenvalue weighted by atomic mass is 19.4. The van der Waals surface area contributed by atoms with E-state index in [0.717, 1.165) is 0 Å². The molecule has 0 aromatic carbocycles. The van der Waals surface area contributed by atoms with E-state index in [-0.39, 0.29) is 5.97 Å². The summed E-state index contributed by atoms with van der Waals surface area (Å²) < 4.78 is 36.0. The summed E-state index contributed by atoms with van der Waals surface area (Å²) in [7, 11) is 1.32. The van der Waals surface area contributed by atoms with Gasteiger partial charge in [-0.25, -0.2) is 9.59 Å². The normalized spacial score (nSPS) is 10.5. The second-order valence-corrected chi connectivity index (χ2v) is 1.96. The summed E-state index contributed by atoms with van der Waals surface area (Å²) >= 11 is 0. The van der Waals surface area contributed by atoms with Gasteiger partial charge < -0.3 is 15.6 Å². The molecule has 15 heavy (non-hydrogen) atoms. The van der Waals surface area contributed by atoms with Crippen LogP contribution in [0.5, 0.6) is 0 Å². The Morgan fingerprint density at radius 2 is 1.87 bits per heavy atom. The molecule has 0 spiro atoms. The molecular formula is C7H10F3NO4. The molecule has 0 aliphatic carbocycles. The number of alkyl halides is 3. The zero-order chi connectivity index (χ0) is 12.5. The summed E-state index contributed by atoms with van der Waals surface area (Å²) in [5, 5.41) is 7.12. The van der Waals surface area contributed by atoms with Gasteiger partial charge in [-0.2, -0.15) is 13.2 Å². The predicted octanol–water partition coefficient (Wildman–Crippen LogP) is 0.308. The Labute approximate surface area is 83.3 Å². The van der Waals surface area contributed by atoms with Crippen molar-refractivity contribution >= 4 is 11.9 Å². The van der Waals surface area contributed by atoms with E-state index in [2.05, 4.69) is 4.74 Å². The van der Waals surface area contributed by atoms with Gasteiger partial charge in [-0.1, -0.05) is 6.08 Å². The minimum absolute atomic E-state index is 0.365. The average molecular weight is 229 g/mol. The van der Waals surface area contributed by atoms with Gasteiger partial charge in [0.05, 0.1) is 7.11 Å². The fourth-order valence-electron chi connectivity index (χ4n) is 0.232. The van der Waals surface area contributed by atoms with Crippen LogP contribution in [0.4, 0.5) is 13.2 Å². The second kappa shape index (κ2) is 7.80. The van der Waals surface area contributed by atoms with Crippen molar-refractivity contribution < 1.29 is 32.6 Å². The van der Waals surface area contributed by atoms with E-state index in [1.165, 1.54) is 19.3 Å². The first kappa shape index (κ1) is 15.9. The molecule has 0 saturated heterocycles. The molecule has 0 aromatic rings. The average Bonchev–Trinajstić information content (AvgIpc) is 2.13. The number of hydrogen-bond donors (Lipinski definition) is 2. The Morgan fingerprint density at radius 1 is 1.47 bits per heavy atom. The number of rotatable bonds is 2. The number of methoxy groups -OCH3 is 1. The van der Waals surface area contributed by atoms with Gasteiger partial charge in [0, 0.05) is 12.6 Å². The largest absolute Gasteiger partial charge is 0.490 e. The molecule has 0 bridgehead atoms. The summed E-state index contributed by atoms with van der Waals surface area (Å²) in [6.07, 6.45) is -2.26.